The fraction of sp³-hybridized carbons (Fsp3) is 0.0870. The van der Waals surface area contributed by atoms with Crippen molar-refractivity contribution in [1.82, 2.24) is 9.13 Å². The third kappa shape index (κ3) is 3.81. The molecule has 1 aromatic heterocycles. The summed E-state index contributed by atoms with van der Waals surface area (Å²) in [6.07, 6.45) is 0. The predicted octanol–water partition coefficient (Wildman–Crippen LogP) is 3.17. The molecule has 0 fully saturated rings. The number of rotatable bonds is 5. The Balaban J connectivity index is 1.95. The summed E-state index contributed by atoms with van der Waals surface area (Å²) in [6, 6.07) is 16.5. The summed E-state index contributed by atoms with van der Waals surface area (Å²) >= 11 is 6.11. The molecule has 0 bridgehead atoms. The number of aliphatic hydroxyl groups is 1. The van der Waals surface area contributed by atoms with Gasteiger partial charge in [-0.05, 0) is 35.9 Å². The molecule has 0 aliphatic rings. The van der Waals surface area contributed by atoms with Gasteiger partial charge in [0, 0.05) is 10.6 Å². The summed E-state index contributed by atoms with van der Waals surface area (Å²) in [5, 5.41) is 9.54. The third-order valence-corrected chi connectivity index (χ3v) is 5.19. The molecule has 0 spiro atoms. The average molecular weight is 439 g/mol. The van der Waals surface area contributed by atoms with E-state index in [4.69, 9.17) is 16.7 Å². The molecule has 0 aliphatic heterocycles. The Bertz CT molecular complexity index is 1420. The van der Waals surface area contributed by atoms with Gasteiger partial charge in [0.1, 0.15) is 12.4 Å². The summed E-state index contributed by atoms with van der Waals surface area (Å²) in [5.74, 6) is -1.12. The van der Waals surface area contributed by atoms with E-state index in [1.165, 1.54) is 47.0 Å². The molecule has 0 unspecified atom stereocenters. The quantitative estimate of drug-likeness (QED) is 0.485. The topological polar surface area (TPSA) is 81.3 Å². The first kappa shape index (κ1) is 20.7. The minimum absolute atomic E-state index is 0.0536. The molecule has 0 atom stereocenters. The monoisotopic (exact) mass is 438 g/mol. The molecule has 6 nitrogen and oxygen atoms in total. The van der Waals surface area contributed by atoms with Gasteiger partial charge in [0.05, 0.1) is 23.1 Å². The Morgan fingerprint density at radius 2 is 1.71 bits per heavy atom. The Morgan fingerprint density at radius 1 is 1.00 bits per heavy atom. The summed E-state index contributed by atoms with van der Waals surface area (Å²) < 4.78 is 16.6. The van der Waals surface area contributed by atoms with Crippen LogP contribution in [0.2, 0.25) is 5.02 Å². The molecule has 3 aromatic carbocycles. The molecule has 1 N–H and O–H groups in total. The lowest BCUT2D eigenvalue weighted by atomic mass is 10.1. The largest absolute Gasteiger partial charge is 0.388 e. The van der Waals surface area contributed by atoms with Crippen LogP contribution in [0.1, 0.15) is 15.9 Å². The zero-order valence-corrected chi connectivity index (χ0v) is 16.8. The van der Waals surface area contributed by atoms with Crippen molar-refractivity contribution in [3.05, 3.63) is 110 Å². The van der Waals surface area contributed by atoms with E-state index in [1.54, 1.807) is 24.3 Å². The van der Waals surface area contributed by atoms with E-state index in [-0.39, 0.29) is 17.6 Å². The number of fused-ring (bicyclic) bond motifs is 1. The maximum atomic E-state index is 14.4. The number of ketones is 1. The van der Waals surface area contributed by atoms with Gasteiger partial charge in [-0.25, -0.2) is 13.8 Å². The first-order chi connectivity index (χ1) is 14.9. The van der Waals surface area contributed by atoms with Crippen molar-refractivity contribution < 1.29 is 14.3 Å². The maximum Gasteiger partial charge on any atom is 0.336 e. The molecule has 4 aromatic rings. The summed E-state index contributed by atoms with van der Waals surface area (Å²) in [5.41, 5.74) is -0.209. The zero-order valence-electron chi connectivity index (χ0n) is 16.1. The van der Waals surface area contributed by atoms with E-state index in [9.17, 15) is 18.8 Å². The predicted molar refractivity (Wildman–Crippen MR) is 116 cm³/mol. The number of Topliss-reactive ketones (excluding diaryl/α,β-unsaturated/α-hetero) is 1. The highest BCUT2D eigenvalue weighted by atomic mass is 35.5. The van der Waals surface area contributed by atoms with Gasteiger partial charge in [0.25, 0.3) is 5.56 Å². The number of halogens is 2. The van der Waals surface area contributed by atoms with Gasteiger partial charge in [0.15, 0.2) is 5.78 Å². The minimum atomic E-state index is -0.722. The highest BCUT2D eigenvalue weighted by molar-refractivity contribution is 6.31. The molecular weight excluding hydrogens is 423 g/mol. The van der Waals surface area contributed by atoms with Crippen molar-refractivity contribution >= 4 is 28.3 Å². The van der Waals surface area contributed by atoms with E-state index in [1.807, 2.05) is 0 Å². The Labute approximate surface area is 180 Å². The summed E-state index contributed by atoms with van der Waals surface area (Å²) in [6.45, 7) is -0.548. The maximum absolute atomic E-state index is 14.4. The first-order valence-corrected chi connectivity index (χ1v) is 9.71. The van der Waals surface area contributed by atoms with Gasteiger partial charge in [-0.1, -0.05) is 48.0 Å². The lowest BCUT2D eigenvalue weighted by Gasteiger charge is -2.15. The van der Waals surface area contributed by atoms with E-state index in [0.29, 0.717) is 21.7 Å². The Morgan fingerprint density at radius 3 is 2.39 bits per heavy atom. The second-order valence-electron chi connectivity index (χ2n) is 6.90. The lowest BCUT2D eigenvalue weighted by Crippen LogP contribution is -2.39. The number of para-hydroxylation sites is 1. The molecular formula is C23H16ClFN2O4. The van der Waals surface area contributed by atoms with Crippen molar-refractivity contribution in [3.63, 3.8) is 0 Å². The SMILES string of the molecule is O=C(CO)c1ccc(Cn2c(=O)n(-c3ccccc3F)c(=O)c3ccc(Cl)cc32)cc1. The van der Waals surface area contributed by atoms with E-state index >= 15 is 0 Å². The highest BCUT2D eigenvalue weighted by Crippen LogP contribution is 2.18. The van der Waals surface area contributed by atoms with Crippen molar-refractivity contribution in [1.29, 1.82) is 0 Å². The molecule has 0 radical (unpaired) electrons. The first-order valence-electron chi connectivity index (χ1n) is 9.33. The number of nitrogens with zero attached hydrogens (tertiary/aromatic N) is 2. The van der Waals surface area contributed by atoms with Crippen LogP contribution < -0.4 is 11.2 Å². The molecule has 31 heavy (non-hydrogen) atoms. The summed E-state index contributed by atoms with van der Waals surface area (Å²) in [7, 11) is 0. The van der Waals surface area contributed by atoms with Crippen molar-refractivity contribution in [2.24, 2.45) is 0 Å². The third-order valence-electron chi connectivity index (χ3n) is 4.96. The number of hydrogen-bond donors (Lipinski definition) is 1. The van der Waals surface area contributed by atoms with E-state index in [2.05, 4.69) is 0 Å². The Kier molecular flexibility index (Phi) is 5.54. The van der Waals surface area contributed by atoms with Gasteiger partial charge in [-0.15, -0.1) is 0 Å². The van der Waals surface area contributed by atoms with Gasteiger partial charge < -0.3 is 5.11 Å². The van der Waals surface area contributed by atoms with Gasteiger partial charge in [-0.2, -0.15) is 0 Å². The van der Waals surface area contributed by atoms with Crippen LogP contribution in [0.4, 0.5) is 4.39 Å². The smallest absolute Gasteiger partial charge is 0.336 e. The molecule has 4 rings (SSSR count). The van der Waals surface area contributed by atoms with Crippen LogP contribution in [-0.2, 0) is 6.54 Å². The lowest BCUT2D eigenvalue weighted by molar-refractivity contribution is 0.0903. The second kappa shape index (κ2) is 8.29. The normalized spacial score (nSPS) is 11.1. The molecule has 0 aliphatic carbocycles. The van der Waals surface area contributed by atoms with Crippen LogP contribution in [0.3, 0.4) is 0 Å². The van der Waals surface area contributed by atoms with Crippen LogP contribution >= 0.6 is 11.6 Å². The van der Waals surface area contributed by atoms with Gasteiger partial charge >= 0.3 is 5.69 Å². The molecule has 0 saturated heterocycles. The number of aliphatic hydroxyl groups excluding tert-OH is 1. The molecule has 0 amide bonds. The van der Waals surface area contributed by atoms with Crippen molar-refractivity contribution in [2.75, 3.05) is 6.61 Å². The summed E-state index contributed by atoms with van der Waals surface area (Å²) in [4.78, 5) is 38.0. The minimum Gasteiger partial charge on any atom is -0.388 e. The second-order valence-corrected chi connectivity index (χ2v) is 7.34. The molecule has 8 heteroatoms. The zero-order chi connectivity index (χ0) is 22.1. The Hall–Kier alpha value is -3.55. The number of aromatic nitrogens is 2. The molecule has 1 heterocycles. The van der Waals surface area contributed by atoms with Crippen LogP contribution in [0, 0.1) is 5.82 Å². The van der Waals surface area contributed by atoms with Crippen LogP contribution in [0.25, 0.3) is 16.6 Å². The van der Waals surface area contributed by atoms with E-state index < -0.39 is 29.5 Å². The van der Waals surface area contributed by atoms with E-state index in [0.717, 1.165) is 4.57 Å². The fourth-order valence-electron chi connectivity index (χ4n) is 3.41. The fourth-order valence-corrected chi connectivity index (χ4v) is 3.57. The molecule has 156 valence electrons. The number of carbonyl (C=O) groups excluding carboxylic acids is 1. The standard InChI is InChI=1S/C23H16ClFN2O4/c24-16-9-10-17-20(11-16)26(12-14-5-7-15(8-6-14)21(29)13-28)23(31)27(22(17)30)19-4-2-1-3-18(19)25/h1-11,28H,12-13H2. The van der Waals surface area contributed by atoms with Crippen LogP contribution in [-0.4, -0.2) is 26.6 Å². The van der Waals surface area contributed by atoms with Gasteiger partial charge in [-0.3, -0.25) is 14.2 Å². The van der Waals surface area contributed by atoms with Gasteiger partial charge in [0.2, 0.25) is 0 Å². The van der Waals surface area contributed by atoms with Crippen LogP contribution in [0.15, 0.2) is 76.3 Å². The van der Waals surface area contributed by atoms with Crippen LogP contribution in [0.5, 0.6) is 0 Å². The number of hydrogen-bond acceptors (Lipinski definition) is 4. The average Bonchev–Trinajstić information content (AvgIpc) is 2.77. The molecule has 0 saturated carbocycles. The highest BCUT2D eigenvalue weighted by Gasteiger charge is 2.17. The van der Waals surface area contributed by atoms with Crippen molar-refractivity contribution in [3.8, 4) is 5.69 Å². The number of benzene rings is 3. The van der Waals surface area contributed by atoms with Crippen molar-refractivity contribution in [2.45, 2.75) is 6.54 Å². The number of carbonyl (C=O) groups is 1.